The zero-order valence-electron chi connectivity index (χ0n) is 14.2. The summed E-state index contributed by atoms with van der Waals surface area (Å²) in [6, 6.07) is 16.2. The Labute approximate surface area is 158 Å². The first-order valence-corrected chi connectivity index (χ1v) is 8.45. The van der Waals surface area contributed by atoms with Crippen molar-refractivity contribution < 1.29 is 22.7 Å². The van der Waals surface area contributed by atoms with Gasteiger partial charge in [-0.05, 0) is 36.6 Å². The number of anilines is 1. The zero-order valence-corrected chi connectivity index (χ0v) is 14.9. The van der Waals surface area contributed by atoms with Crippen LogP contribution >= 0.6 is 11.6 Å². The van der Waals surface area contributed by atoms with Gasteiger partial charge in [0.15, 0.2) is 6.10 Å². The summed E-state index contributed by atoms with van der Waals surface area (Å²) in [5.41, 5.74) is -1.02. The van der Waals surface area contributed by atoms with Crippen molar-refractivity contribution in [2.45, 2.75) is 19.2 Å². The van der Waals surface area contributed by atoms with Crippen LogP contribution < -0.4 is 10.1 Å². The highest BCUT2D eigenvalue weighted by atomic mass is 35.5. The summed E-state index contributed by atoms with van der Waals surface area (Å²) in [6.45, 7) is 1.53. The highest BCUT2D eigenvalue weighted by Crippen LogP contribution is 2.36. The molecule has 0 heterocycles. The number of fused-ring (bicyclic) bond motifs is 1. The number of rotatable bonds is 4. The van der Waals surface area contributed by atoms with Gasteiger partial charge in [-0.25, -0.2) is 0 Å². The van der Waals surface area contributed by atoms with Gasteiger partial charge in [0.25, 0.3) is 5.91 Å². The van der Waals surface area contributed by atoms with Gasteiger partial charge in [0.05, 0.1) is 10.6 Å². The summed E-state index contributed by atoms with van der Waals surface area (Å²) >= 11 is 5.59. The number of amides is 1. The number of hydrogen-bond donors (Lipinski definition) is 1. The molecule has 0 aliphatic rings. The summed E-state index contributed by atoms with van der Waals surface area (Å²) < 4.78 is 44.5. The van der Waals surface area contributed by atoms with E-state index in [4.69, 9.17) is 16.3 Å². The van der Waals surface area contributed by atoms with Crippen molar-refractivity contribution in [1.82, 2.24) is 0 Å². The summed E-state index contributed by atoms with van der Waals surface area (Å²) in [5.74, 6) is -0.0544. The van der Waals surface area contributed by atoms with E-state index in [1.807, 2.05) is 30.3 Å². The standard InChI is InChI=1S/C20H15ClF3NO2/c1-12(27-18-8-4-6-13-5-2-3-7-15(13)18)19(26)25-14-9-10-17(21)16(11-14)20(22,23)24/h2-12H,1H3,(H,25,26)/t12-/m1/s1. The summed E-state index contributed by atoms with van der Waals surface area (Å²) in [6.07, 6.45) is -5.52. The molecule has 3 nitrogen and oxygen atoms in total. The van der Waals surface area contributed by atoms with E-state index in [-0.39, 0.29) is 5.69 Å². The lowest BCUT2D eigenvalue weighted by atomic mass is 10.1. The molecule has 0 fully saturated rings. The third-order valence-electron chi connectivity index (χ3n) is 3.96. The molecule has 0 saturated carbocycles. The van der Waals surface area contributed by atoms with E-state index in [0.717, 1.165) is 22.9 Å². The Kier molecular flexibility index (Phi) is 5.28. The maximum absolute atomic E-state index is 12.9. The first-order chi connectivity index (χ1) is 12.8. The molecule has 0 spiro atoms. The Morgan fingerprint density at radius 1 is 1.07 bits per heavy atom. The van der Waals surface area contributed by atoms with Crippen LogP contribution in [-0.4, -0.2) is 12.0 Å². The molecule has 0 aliphatic heterocycles. The first kappa shape index (κ1) is 19.0. The molecule has 140 valence electrons. The van der Waals surface area contributed by atoms with Crippen LogP contribution in [0.5, 0.6) is 5.75 Å². The largest absolute Gasteiger partial charge is 0.480 e. The molecule has 0 radical (unpaired) electrons. The lowest BCUT2D eigenvalue weighted by molar-refractivity contribution is -0.137. The van der Waals surface area contributed by atoms with E-state index >= 15 is 0 Å². The number of carbonyl (C=O) groups excluding carboxylic acids is 1. The van der Waals surface area contributed by atoms with Gasteiger partial charge in [0.2, 0.25) is 0 Å². The molecule has 3 aromatic carbocycles. The molecule has 7 heteroatoms. The van der Waals surface area contributed by atoms with E-state index in [1.54, 1.807) is 12.1 Å². The van der Waals surface area contributed by atoms with Crippen LogP contribution in [0.3, 0.4) is 0 Å². The third kappa shape index (κ3) is 4.34. The molecule has 3 aromatic rings. The monoisotopic (exact) mass is 393 g/mol. The molecule has 3 rings (SSSR count). The minimum absolute atomic E-state index is 0.00917. The first-order valence-electron chi connectivity index (χ1n) is 8.08. The molecule has 0 unspecified atom stereocenters. The van der Waals surface area contributed by atoms with Gasteiger partial charge in [0.1, 0.15) is 5.75 Å². The second kappa shape index (κ2) is 7.48. The van der Waals surface area contributed by atoms with E-state index in [2.05, 4.69) is 5.32 Å². The number of halogens is 4. The lowest BCUT2D eigenvalue weighted by Crippen LogP contribution is -2.30. The molecule has 0 aliphatic carbocycles. The van der Waals surface area contributed by atoms with Crippen LogP contribution in [-0.2, 0) is 11.0 Å². The van der Waals surface area contributed by atoms with Gasteiger partial charge in [-0.1, -0.05) is 48.0 Å². The minimum atomic E-state index is -4.61. The molecule has 0 aromatic heterocycles. The topological polar surface area (TPSA) is 38.3 Å². The van der Waals surface area contributed by atoms with Crippen molar-refractivity contribution in [2.24, 2.45) is 0 Å². The number of carbonyl (C=O) groups is 1. The Morgan fingerprint density at radius 3 is 2.52 bits per heavy atom. The Balaban J connectivity index is 1.76. The van der Waals surface area contributed by atoms with Gasteiger partial charge in [-0.3, -0.25) is 4.79 Å². The summed E-state index contributed by atoms with van der Waals surface area (Å²) in [5, 5.41) is 3.79. The minimum Gasteiger partial charge on any atom is -0.480 e. The van der Waals surface area contributed by atoms with Crippen LogP contribution in [0.25, 0.3) is 10.8 Å². The molecule has 27 heavy (non-hydrogen) atoms. The average Bonchev–Trinajstić information content (AvgIpc) is 2.62. The molecule has 0 saturated heterocycles. The maximum Gasteiger partial charge on any atom is 0.417 e. The number of alkyl halides is 3. The number of ether oxygens (including phenoxy) is 1. The van der Waals surface area contributed by atoms with Crippen molar-refractivity contribution in [3.05, 3.63) is 71.2 Å². The van der Waals surface area contributed by atoms with E-state index in [9.17, 15) is 18.0 Å². The number of hydrogen-bond acceptors (Lipinski definition) is 2. The van der Waals surface area contributed by atoms with Crippen molar-refractivity contribution in [2.75, 3.05) is 5.32 Å². The van der Waals surface area contributed by atoms with Gasteiger partial charge in [-0.2, -0.15) is 13.2 Å². The Hall–Kier alpha value is -2.73. The van der Waals surface area contributed by atoms with Gasteiger partial charge in [-0.15, -0.1) is 0 Å². The van der Waals surface area contributed by atoms with Crippen LogP contribution in [0.4, 0.5) is 18.9 Å². The zero-order chi connectivity index (χ0) is 19.6. The van der Waals surface area contributed by atoms with Gasteiger partial charge < -0.3 is 10.1 Å². The lowest BCUT2D eigenvalue weighted by Gasteiger charge is -2.17. The van der Waals surface area contributed by atoms with Crippen LogP contribution in [0, 0.1) is 0 Å². The summed E-state index contributed by atoms with van der Waals surface area (Å²) in [7, 11) is 0. The van der Waals surface area contributed by atoms with Crippen LogP contribution in [0.15, 0.2) is 60.7 Å². The molecular formula is C20H15ClF3NO2. The predicted molar refractivity (Wildman–Crippen MR) is 99.1 cm³/mol. The Bertz CT molecular complexity index is 983. The highest BCUT2D eigenvalue weighted by molar-refractivity contribution is 6.31. The SMILES string of the molecule is C[C@@H](Oc1cccc2ccccc12)C(=O)Nc1ccc(Cl)c(C(F)(F)F)c1. The predicted octanol–water partition coefficient (Wildman–Crippen LogP) is 5.92. The van der Waals surface area contributed by atoms with Crippen molar-refractivity contribution >= 4 is 34.0 Å². The molecule has 0 bridgehead atoms. The quantitative estimate of drug-likeness (QED) is 0.597. The fraction of sp³-hybridized carbons (Fsp3) is 0.150. The van der Waals surface area contributed by atoms with Crippen LogP contribution in [0.2, 0.25) is 5.02 Å². The van der Waals surface area contributed by atoms with Crippen LogP contribution in [0.1, 0.15) is 12.5 Å². The average molecular weight is 394 g/mol. The van der Waals surface area contributed by atoms with Crippen molar-refractivity contribution in [1.29, 1.82) is 0 Å². The second-order valence-electron chi connectivity index (χ2n) is 5.92. The highest BCUT2D eigenvalue weighted by Gasteiger charge is 2.33. The van der Waals surface area contributed by atoms with Crippen molar-refractivity contribution in [3.63, 3.8) is 0 Å². The van der Waals surface area contributed by atoms with E-state index < -0.39 is 28.8 Å². The van der Waals surface area contributed by atoms with Gasteiger partial charge >= 0.3 is 6.18 Å². The maximum atomic E-state index is 12.9. The fourth-order valence-corrected chi connectivity index (χ4v) is 2.83. The summed E-state index contributed by atoms with van der Waals surface area (Å²) in [4.78, 5) is 12.3. The molecule has 1 amide bonds. The molecular weight excluding hydrogens is 379 g/mol. The second-order valence-corrected chi connectivity index (χ2v) is 6.33. The van der Waals surface area contributed by atoms with Crippen molar-refractivity contribution in [3.8, 4) is 5.75 Å². The molecule has 1 N–H and O–H groups in total. The third-order valence-corrected chi connectivity index (χ3v) is 4.29. The smallest absolute Gasteiger partial charge is 0.417 e. The van der Waals surface area contributed by atoms with Gasteiger partial charge in [0, 0.05) is 11.1 Å². The molecule has 1 atom stereocenters. The Morgan fingerprint density at radius 2 is 1.78 bits per heavy atom. The number of benzene rings is 3. The van der Waals surface area contributed by atoms with E-state index in [1.165, 1.54) is 13.0 Å². The fourth-order valence-electron chi connectivity index (χ4n) is 2.61. The normalized spacial score (nSPS) is 12.6. The number of nitrogens with one attached hydrogen (secondary N) is 1. The van der Waals surface area contributed by atoms with E-state index in [0.29, 0.717) is 5.75 Å².